The topological polar surface area (TPSA) is 43.6 Å². The van der Waals surface area contributed by atoms with E-state index in [0.717, 1.165) is 34.1 Å². The summed E-state index contributed by atoms with van der Waals surface area (Å²) in [6, 6.07) is 17.6. The Hall–Kier alpha value is -2.43. The van der Waals surface area contributed by atoms with Gasteiger partial charge in [-0.25, -0.2) is 0 Å². The minimum Gasteiger partial charge on any atom is -0.493 e. The summed E-state index contributed by atoms with van der Waals surface area (Å²) in [5, 5.41) is 4.14. The molecule has 1 N–H and O–H groups in total. The largest absolute Gasteiger partial charge is 0.493 e. The normalized spacial score (nSPS) is 12.0. The maximum absolute atomic E-state index is 6.23. The highest BCUT2D eigenvalue weighted by Gasteiger charge is 2.12. The minimum atomic E-state index is 0.128. The van der Waals surface area contributed by atoms with Crippen LogP contribution in [-0.4, -0.2) is 14.2 Å². The summed E-state index contributed by atoms with van der Waals surface area (Å²) < 4.78 is 16.6. The fraction of sp³-hybridized carbons (Fsp3) is 0.238. The molecule has 2 aromatic carbocycles. The van der Waals surface area contributed by atoms with Crippen molar-refractivity contribution in [3.8, 4) is 22.8 Å². The molecule has 3 rings (SSSR count). The third-order valence-electron chi connectivity index (χ3n) is 4.29. The van der Waals surface area contributed by atoms with Crippen molar-refractivity contribution in [1.82, 2.24) is 5.32 Å². The van der Waals surface area contributed by atoms with Crippen molar-refractivity contribution in [2.24, 2.45) is 0 Å². The molecular weight excluding hydrogens is 350 g/mol. The third-order valence-corrected chi connectivity index (χ3v) is 4.62. The van der Waals surface area contributed by atoms with Crippen molar-refractivity contribution in [1.29, 1.82) is 0 Å². The summed E-state index contributed by atoms with van der Waals surface area (Å²) in [6.07, 6.45) is 0. The van der Waals surface area contributed by atoms with Crippen LogP contribution in [0.4, 0.5) is 0 Å². The molecule has 26 heavy (non-hydrogen) atoms. The van der Waals surface area contributed by atoms with Gasteiger partial charge in [-0.05, 0) is 48.9 Å². The van der Waals surface area contributed by atoms with Crippen molar-refractivity contribution >= 4 is 11.6 Å². The lowest BCUT2D eigenvalue weighted by molar-refractivity contribution is 0.354. The smallest absolute Gasteiger partial charge is 0.161 e. The first kappa shape index (κ1) is 18.4. The summed E-state index contributed by atoms with van der Waals surface area (Å²) in [5.41, 5.74) is 2.01. The summed E-state index contributed by atoms with van der Waals surface area (Å²) in [6.45, 7) is 2.71. The van der Waals surface area contributed by atoms with Gasteiger partial charge in [0.1, 0.15) is 11.5 Å². The van der Waals surface area contributed by atoms with Gasteiger partial charge < -0.3 is 19.2 Å². The highest BCUT2D eigenvalue weighted by Crippen LogP contribution is 2.31. The number of halogens is 1. The van der Waals surface area contributed by atoms with E-state index in [-0.39, 0.29) is 6.04 Å². The highest BCUT2D eigenvalue weighted by molar-refractivity contribution is 6.33. The van der Waals surface area contributed by atoms with Gasteiger partial charge in [-0.1, -0.05) is 29.8 Å². The zero-order valence-corrected chi connectivity index (χ0v) is 15.8. The van der Waals surface area contributed by atoms with Gasteiger partial charge in [-0.3, -0.25) is 0 Å². The summed E-state index contributed by atoms with van der Waals surface area (Å²) in [4.78, 5) is 0. The Morgan fingerprint density at radius 2 is 1.77 bits per heavy atom. The monoisotopic (exact) mass is 371 g/mol. The van der Waals surface area contributed by atoms with Gasteiger partial charge in [-0.2, -0.15) is 0 Å². The van der Waals surface area contributed by atoms with Crippen LogP contribution in [0.15, 0.2) is 59.0 Å². The number of nitrogens with one attached hydrogen (secondary N) is 1. The Labute approximate surface area is 158 Å². The molecular formula is C21H22ClNO3. The first-order chi connectivity index (χ1) is 12.6. The standard InChI is InChI=1S/C21H22ClNO3/c1-14(15-8-10-20(24-2)21(12-15)25-3)23-13-16-9-11-19(26-16)17-6-4-5-7-18(17)22/h4-12,14,23H,13H2,1-3H3. The maximum Gasteiger partial charge on any atom is 0.161 e. The molecule has 0 fully saturated rings. The van der Waals surface area contributed by atoms with Gasteiger partial charge in [0.2, 0.25) is 0 Å². The van der Waals surface area contributed by atoms with Crippen molar-refractivity contribution in [2.45, 2.75) is 19.5 Å². The van der Waals surface area contributed by atoms with Crippen molar-refractivity contribution in [3.63, 3.8) is 0 Å². The minimum absolute atomic E-state index is 0.128. The number of rotatable bonds is 7. The quantitative estimate of drug-likeness (QED) is 0.598. The molecule has 0 saturated heterocycles. The lowest BCUT2D eigenvalue weighted by Crippen LogP contribution is -2.17. The molecule has 5 heteroatoms. The average Bonchev–Trinajstić information content (AvgIpc) is 3.14. The molecule has 0 aliphatic carbocycles. The van der Waals surface area contributed by atoms with E-state index in [1.54, 1.807) is 14.2 Å². The number of methoxy groups -OCH3 is 2. The van der Waals surface area contributed by atoms with Crippen LogP contribution in [0.3, 0.4) is 0 Å². The summed E-state index contributed by atoms with van der Waals surface area (Å²) in [5.74, 6) is 3.06. The molecule has 4 nitrogen and oxygen atoms in total. The molecule has 1 heterocycles. The van der Waals surface area contributed by atoms with Gasteiger partial charge in [0.15, 0.2) is 11.5 Å². The van der Waals surface area contributed by atoms with Gasteiger partial charge in [0.05, 0.1) is 25.8 Å². The van der Waals surface area contributed by atoms with Crippen LogP contribution in [0.2, 0.25) is 5.02 Å². The SMILES string of the molecule is COc1ccc(C(C)NCc2ccc(-c3ccccc3Cl)o2)cc1OC. The average molecular weight is 372 g/mol. The van der Waals surface area contributed by atoms with E-state index in [2.05, 4.69) is 12.2 Å². The van der Waals surface area contributed by atoms with Crippen LogP contribution in [0.1, 0.15) is 24.3 Å². The number of hydrogen-bond donors (Lipinski definition) is 1. The van der Waals surface area contributed by atoms with E-state index in [0.29, 0.717) is 11.6 Å². The van der Waals surface area contributed by atoms with Crippen LogP contribution < -0.4 is 14.8 Å². The zero-order valence-electron chi connectivity index (χ0n) is 15.1. The van der Waals surface area contributed by atoms with Crippen LogP contribution >= 0.6 is 11.6 Å². The molecule has 0 aliphatic heterocycles. The fourth-order valence-corrected chi connectivity index (χ4v) is 3.00. The van der Waals surface area contributed by atoms with Crippen molar-refractivity contribution in [2.75, 3.05) is 14.2 Å². The lowest BCUT2D eigenvalue weighted by atomic mass is 10.1. The second kappa shape index (κ2) is 8.30. The van der Waals surface area contributed by atoms with Gasteiger partial charge in [-0.15, -0.1) is 0 Å². The Morgan fingerprint density at radius 3 is 2.50 bits per heavy atom. The van der Waals surface area contributed by atoms with Gasteiger partial charge in [0, 0.05) is 11.6 Å². The number of hydrogen-bond acceptors (Lipinski definition) is 4. The van der Waals surface area contributed by atoms with E-state index in [4.69, 9.17) is 25.5 Å². The second-order valence-corrected chi connectivity index (χ2v) is 6.37. The van der Waals surface area contributed by atoms with Crippen LogP contribution in [0.5, 0.6) is 11.5 Å². The predicted molar refractivity (Wildman–Crippen MR) is 104 cm³/mol. The summed E-state index contributed by atoms with van der Waals surface area (Å²) >= 11 is 6.23. The third kappa shape index (κ3) is 4.03. The van der Waals surface area contributed by atoms with Crippen LogP contribution in [0.25, 0.3) is 11.3 Å². The molecule has 0 amide bonds. The Morgan fingerprint density at radius 1 is 1.00 bits per heavy atom. The van der Waals surface area contributed by atoms with E-state index >= 15 is 0 Å². The van der Waals surface area contributed by atoms with Crippen LogP contribution in [-0.2, 0) is 6.54 Å². The molecule has 0 spiro atoms. The van der Waals surface area contributed by atoms with Gasteiger partial charge >= 0.3 is 0 Å². The number of ether oxygens (including phenoxy) is 2. The maximum atomic E-state index is 6.23. The number of furan rings is 1. The zero-order chi connectivity index (χ0) is 18.5. The molecule has 1 unspecified atom stereocenters. The van der Waals surface area contributed by atoms with Gasteiger partial charge in [0.25, 0.3) is 0 Å². The Kier molecular flexibility index (Phi) is 5.86. The molecule has 0 bridgehead atoms. The van der Waals surface area contributed by atoms with Crippen molar-refractivity contribution in [3.05, 3.63) is 70.9 Å². The molecule has 0 aliphatic rings. The number of benzene rings is 2. The molecule has 3 aromatic rings. The molecule has 0 saturated carbocycles. The van der Waals surface area contributed by atoms with Crippen LogP contribution in [0, 0.1) is 0 Å². The molecule has 0 radical (unpaired) electrons. The highest BCUT2D eigenvalue weighted by atomic mass is 35.5. The molecule has 1 atom stereocenters. The van der Waals surface area contributed by atoms with Crippen molar-refractivity contribution < 1.29 is 13.9 Å². The lowest BCUT2D eigenvalue weighted by Gasteiger charge is -2.16. The Balaban J connectivity index is 1.67. The second-order valence-electron chi connectivity index (χ2n) is 5.96. The van der Waals surface area contributed by atoms with E-state index in [9.17, 15) is 0 Å². The molecule has 136 valence electrons. The van der Waals surface area contributed by atoms with E-state index in [1.807, 2.05) is 54.6 Å². The predicted octanol–water partition coefficient (Wildman–Crippen LogP) is 5.47. The molecule has 1 aromatic heterocycles. The van der Waals surface area contributed by atoms with E-state index in [1.165, 1.54) is 0 Å². The fourth-order valence-electron chi connectivity index (χ4n) is 2.77. The summed E-state index contributed by atoms with van der Waals surface area (Å²) in [7, 11) is 3.27. The Bertz CT molecular complexity index is 875. The first-order valence-corrected chi connectivity index (χ1v) is 8.79. The van der Waals surface area contributed by atoms with E-state index < -0.39 is 0 Å². The first-order valence-electron chi connectivity index (χ1n) is 8.41.